The molecule has 0 rings (SSSR count). The fourth-order valence-corrected chi connectivity index (χ4v) is 1.08. The molecule has 0 aliphatic carbocycles. The Labute approximate surface area is 51.5 Å². The van der Waals surface area contributed by atoms with E-state index in [1.807, 2.05) is 0 Å². The van der Waals surface area contributed by atoms with Crippen LogP contribution in [0.4, 0.5) is 0 Å². The van der Waals surface area contributed by atoms with Crippen LogP contribution in [0.1, 0.15) is 0 Å². The van der Waals surface area contributed by atoms with Gasteiger partial charge in [0.05, 0.1) is 0 Å². The van der Waals surface area contributed by atoms with Crippen molar-refractivity contribution < 1.29 is 0 Å². The Morgan fingerprint density at radius 3 is 2.29 bits per heavy atom. The summed E-state index contributed by atoms with van der Waals surface area (Å²) < 4.78 is 0. The zero-order valence-corrected chi connectivity index (χ0v) is 6.59. The molecule has 0 aromatic rings. The molecule has 1 unspecified atom stereocenters. The van der Waals surface area contributed by atoms with Gasteiger partial charge in [0.1, 0.15) is 6.16 Å². The fourth-order valence-electron chi connectivity index (χ4n) is 0.269. The van der Waals surface area contributed by atoms with Gasteiger partial charge in [0.25, 0.3) is 0 Å². The third kappa shape index (κ3) is 6.48. The van der Waals surface area contributed by atoms with E-state index in [0.29, 0.717) is 7.36 Å². The molecule has 1 atom stereocenters. The quantitative estimate of drug-likeness (QED) is 0.525. The van der Waals surface area contributed by atoms with E-state index in [1.165, 1.54) is 6.16 Å². The Bertz CT molecular complexity index is 55.7. The van der Waals surface area contributed by atoms with Crippen LogP contribution in [0.5, 0.6) is 0 Å². The monoisotopic (exact) mass is 136 g/mol. The summed E-state index contributed by atoms with van der Waals surface area (Å²) >= 11 is 4.77. The molecule has 0 radical (unpaired) electrons. The maximum absolute atomic E-state index is 4.77. The molecule has 0 aromatic heterocycles. The minimum absolute atomic E-state index is 0.692. The summed E-state index contributed by atoms with van der Waals surface area (Å²) in [5, 5.41) is 0. The topological polar surface area (TPSA) is 3.24 Å². The van der Waals surface area contributed by atoms with E-state index in [4.69, 9.17) is 11.8 Å². The van der Waals surface area contributed by atoms with Crippen LogP contribution in [0.2, 0.25) is 0 Å². The van der Waals surface area contributed by atoms with Crippen molar-refractivity contribution in [3.63, 3.8) is 0 Å². The molecule has 0 N–H and O–H groups in total. The molecule has 0 aliphatic heterocycles. The molecule has 0 amide bonds. The largest absolute Gasteiger partial charge is 0.305 e. The van der Waals surface area contributed by atoms with Crippen LogP contribution in [0.3, 0.4) is 0 Å². The molecule has 0 heterocycles. The van der Waals surface area contributed by atoms with E-state index in [0.717, 1.165) is 6.54 Å². The Balaban J connectivity index is 2.81. The summed E-state index contributed by atoms with van der Waals surface area (Å²) in [5.41, 5.74) is 0. The summed E-state index contributed by atoms with van der Waals surface area (Å²) in [7, 11) is 4.82. The predicted octanol–water partition coefficient (Wildman–Crippen LogP) is 0.688. The van der Waals surface area contributed by atoms with E-state index in [-0.39, 0.29) is 0 Å². The van der Waals surface area contributed by atoms with E-state index in [9.17, 15) is 0 Å². The van der Waals surface area contributed by atoms with Gasteiger partial charge < -0.3 is 4.90 Å². The van der Waals surface area contributed by atoms with Gasteiger partial charge in [-0.25, -0.2) is 0 Å². The summed E-state index contributed by atoms with van der Waals surface area (Å²) in [5.74, 6) is 0. The number of nitrogens with zero attached hydrogens (tertiary/aromatic N) is 1. The molecule has 7 heavy (non-hydrogen) atoms. The van der Waals surface area contributed by atoms with E-state index in [1.54, 1.807) is 0 Å². The van der Waals surface area contributed by atoms with Crippen LogP contribution in [0, 0.1) is 0 Å². The maximum atomic E-state index is 4.77. The molecular formula is C4H11NPS+. The van der Waals surface area contributed by atoms with Crippen molar-refractivity contribution in [3.05, 3.63) is 0 Å². The van der Waals surface area contributed by atoms with Gasteiger partial charge in [-0.1, -0.05) is 0 Å². The average molecular weight is 136 g/mol. The lowest BCUT2D eigenvalue weighted by Crippen LogP contribution is -2.13. The van der Waals surface area contributed by atoms with Crippen molar-refractivity contribution in [2.75, 3.05) is 26.8 Å². The first-order chi connectivity index (χ1) is 3.27. The lowest BCUT2D eigenvalue weighted by atomic mass is 10.7. The summed E-state index contributed by atoms with van der Waals surface area (Å²) in [6, 6.07) is 0. The number of hydrogen-bond donors (Lipinski definition) is 0. The van der Waals surface area contributed by atoms with Gasteiger partial charge in [0, 0.05) is 6.54 Å². The van der Waals surface area contributed by atoms with Crippen LogP contribution < -0.4 is 0 Å². The molecule has 0 spiro atoms. The molecule has 3 heteroatoms. The summed E-state index contributed by atoms with van der Waals surface area (Å²) in [6.07, 6.45) is 1.17. The average Bonchev–Trinajstić information content (AvgIpc) is 1.61. The fraction of sp³-hybridized carbons (Fsp3) is 1.00. The van der Waals surface area contributed by atoms with Crippen molar-refractivity contribution in [1.29, 1.82) is 0 Å². The van der Waals surface area contributed by atoms with Gasteiger partial charge in [-0.2, -0.15) is 0 Å². The third-order valence-electron chi connectivity index (χ3n) is 0.661. The second-order valence-electron chi connectivity index (χ2n) is 1.70. The van der Waals surface area contributed by atoms with Crippen molar-refractivity contribution in [2.24, 2.45) is 0 Å². The molecular weight excluding hydrogens is 125 g/mol. The van der Waals surface area contributed by atoms with Crippen LogP contribution in [-0.2, 0) is 11.8 Å². The summed E-state index contributed by atoms with van der Waals surface area (Å²) in [6.45, 7) is 1.14. The van der Waals surface area contributed by atoms with Crippen molar-refractivity contribution >= 4 is 19.2 Å². The lowest BCUT2D eigenvalue weighted by molar-refractivity contribution is 0.437. The second kappa shape index (κ2) is 4.63. The predicted molar refractivity (Wildman–Crippen MR) is 39.1 cm³/mol. The first kappa shape index (κ1) is 7.48. The molecule has 0 aromatic carbocycles. The maximum Gasteiger partial charge on any atom is 0.161 e. The van der Waals surface area contributed by atoms with Gasteiger partial charge in [0.15, 0.2) is 19.2 Å². The van der Waals surface area contributed by atoms with Crippen LogP contribution in [-0.4, -0.2) is 31.7 Å². The molecule has 42 valence electrons. The Morgan fingerprint density at radius 2 is 2.14 bits per heavy atom. The molecule has 0 saturated heterocycles. The first-order valence-corrected chi connectivity index (χ1v) is 4.61. The second-order valence-corrected chi connectivity index (χ2v) is 3.35. The van der Waals surface area contributed by atoms with Crippen molar-refractivity contribution in [1.82, 2.24) is 4.90 Å². The molecule has 0 fully saturated rings. The van der Waals surface area contributed by atoms with E-state index in [2.05, 4.69) is 19.0 Å². The zero-order chi connectivity index (χ0) is 5.70. The zero-order valence-electron chi connectivity index (χ0n) is 4.77. The first-order valence-electron chi connectivity index (χ1n) is 2.27. The minimum atomic E-state index is 0.692. The smallest absolute Gasteiger partial charge is 0.161 e. The molecule has 0 saturated carbocycles. The van der Waals surface area contributed by atoms with Crippen LogP contribution >= 0.6 is 7.36 Å². The number of rotatable bonds is 3. The van der Waals surface area contributed by atoms with E-state index >= 15 is 0 Å². The van der Waals surface area contributed by atoms with Gasteiger partial charge in [0.2, 0.25) is 0 Å². The highest BCUT2D eigenvalue weighted by Crippen LogP contribution is 1.89. The van der Waals surface area contributed by atoms with Crippen LogP contribution in [0.15, 0.2) is 0 Å². The number of hydrogen-bond acceptors (Lipinski definition) is 2. The van der Waals surface area contributed by atoms with Gasteiger partial charge in [-0.15, -0.1) is 0 Å². The van der Waals surface area contributed by atoms with Crippen molar-refractivity contribution in [2.45, 2.75) is 0 Å². The highest BCUT2D eigenvalue weighted by atomic mass is 32.4. The highest BCUT2D eigenvalue weighted by molar-refractivity contribution is 7.96. The molecule has 1 nitrogen and oxygen atoms in total. The summed E-state index contributed by atoms with van der Waals surface area (Å²) in [4.78, 5) is 2.15. The Hall–Kier alpha value is 0.480. The standard InChI is InChI=1S/C4H10NPS/c1-5(2)3-4-6-7/h3-4H2,1-2H3/p+1. The van der Waals surface area contributed by atoms with E-state index < -0.39 is 0 Å². The van der Waals surface area contributed by atoms with Crippen LogP contribution in [0.25, 0.3) is 0 Å². The minimum Gasteiger partial charge on any atom is -0.305 e. The third-order valence-corrected chi connectivity index (χ3v) is 1.70. The van der Waals surface area contributed by atoms with Crippen molar-refractivity contribution in [3.8, 4) is 0 Å². The SMILES string of the molecule is CN(C)CC[PH+]=S. The lowest BCUT2D eigenvalue weighted by Gasteiger charge is -2.01. The Morgan fingerprint density at radius 1 is 1.57 bits per heavy atom. The van der Waals surface area contributed by atoms with Gasteiger partial charge in [-0.3, -0.25) is 0 Å². The van der Waals surface area contributed by atoms with Gasteiger partial charge in [-0.05, 0) is 14.1 Å². The molecule has 0 aliphatic rings. The normalized spacial score (nSPS) is 10.7. The Kier molecular flexibility index (Phi) is 4.95. The molecule has 0 bridgehead atoms. The van der Waals surface area contributed by atoms with Gasteiger partial charge >= 0.3 is 0 Å². The highest BCUT2D eigenvalue weighted by Gasteiger charge is 1.88.